The van der Waals surface area contributed by atoms with E-state index in [0.717, 1.165) is 31.4 Å². The van der Waals surface area contributed by atoms with Crippen molar-refractivity contribution >= 4 is 0 Å². The lowest BCUT2D eigenvalue weighted by Gasteiger charge is -2.34. The van der Waals surface area contributed by atoms with Crippen LogP contribution >= 0.6 is 0 Å². The predicted octanol–water partition coefficient (Wildman–Crippen LogP) is 4.17. The van der Waals surface area contributed by atoms with Gasteiger partial charge < -0.3 is 5.32 Å². The van der Waals surface area contributed by atoms with E-state index in [1.807, 2.05) is 6.07 Å². The molecule has 0 fully saturated rings. The summed E-state index contributed by atoms with van der Waals surface area (Å²) in [4.78, 5) is 0. The Morgan fingerprint density at radius 1 is 1.28 bits per heavy atom. The van der Waals surface area contributed by atoms with Crippen LogP contribution in [-0.4, -0.2) is 12.6 Å². The highest BCUT2D eigenvalue weighted by Gasteiger charge is 2.27. The van der Waals surface area contributed by atoms with Gasteiger partial charge in [0.15, 0.2) is 0 Å². The molecule has 0 aromatic heterocycles. The molecule has 0 saturated heterocycles. The third-order valence-corrected chi connectivity index (χ3v) is 3.82. The molecule has 0 aliphatic heterocycles. The molecule has 18 heavy (non-hydrogen) atoms. The van der Waals surface area contributed by atoms with Gasteiger partial charge in [0.25, 0.3) is 0 Å². The second kappa shape index (κ2) is 6.89. The van der Waals surface area contributed by atoms with E-state index in [1.165, 1.54) is 6.07 Å². The Hall–Kier alpha value is -0.890. The summed E-state index contributed by atoms with van der Waals surface area (Å²) in [6, 6.07) is 7.34. The van der Waals surface area contributed by atoms with Crippen molar-refractivity contribution in [2.24, 2.45) is 5.41 Å². The van der Waals surface area contributed by atoms with Crippen LogP contribution in [-0.2, 0) is 6.42 Å². The van der Waals surface area contributed by atoms with Crippen LogP contribution in [0.15, 0.2) is 24.3 Å². The van der Waals surface area contributed by atoms with Gasteiger partial charge in [-0.2, -0.15) is 0 Å². The molecule has 0 aliphatic rings. The standard InChI is InChI=1S/C16H26FN/c1-5-10-18-15(16(3,4)6-2)12-13-8-7-9-14(17)11-13/h7-9,11,15,18H,5-6,10,12H2,1-4H3. The van der Waals surface area contributed by atoms with E-state index in [9.17, 15) is 4.39 Å². The second-order valence-electron chi connectivity index (χ2n) is 5.68. The van der Waals surface area contributed by atoms with E-state index in [1.54, 1.807) is 12.1 Å². The molecule has 2 heteroatoms. The van der Waals surface area contributed by atoms with Gasteiger partial charge in [0.2, 0.25) is 0 Å². The summed E-state index contributed by atoms with van der Waals surface area (Å²) < 4.78 is 13.2. The van der Waals surface area contributed by atoms with Gasteiger partial charge in [-0.3, -0.25) is 0 Å². The van der Waals surface area contributed by atoms with Crippen LogP contribution < -0.4 is 5.32 Å². The van der Waals surface area contributed by atoms with Crippen LogP contribution in [0.2, 0.25) is 0 Å². The number of hydrogen-bond acceptors (Lipinski definition) is 1. The quantitative estimate of drug-likeness (QED) is 0.767. The van der Waals surface area contributed by atoms with Crippen molar-refractivity contribution in [1.82, 2.24) is 5.32 Å². The molecule has 1 aromatic carbocycles. The van der Waals surface area contributed by atoms with Gasteiger partial charge in [-0.05, 0) is 48.9 Å². The van der Waals surface area contributed by atoms with Crippen LogP contribution in [0.5, 0.6) is 0 Å². The third kappa shape index (κ3) is 4.41. The predicted molar refractivity (Wildman–Crippen MR) is 76.3 cm³/mol. The summed E-state index contributed by atoms with van der Waals surface area (Å²) in [7, 11) is 0. The average molecular weight is 251 g/mol. The molecule has 0 amide bonds. The number of nitrogens with one attached hydrogen (secondary N) is 1. The number of rotatable bonds is 7. The maximum atomic E-state index is 13.2. The molecule has 1 nitrogen and oxygen atoms in total. The van der Waals surface area contributed by atoms with Crippen LogP contribution in [0, 0.1) is 11.2 Å². The second-order valence-corrected chi connectivity index (χ2v) is 5.68. The van der Waals surface area contributed by atoms with E-state index in [2.05, 4.69) is 33.0 Å². The first-order valence-electron chi connectivity index (χ1n) is 6.97. The van der Waals surface area contributed by atoms with Gasteiger partial charge in [0.05, 0.1) is 0 Å². The van der Waals surface area contributed by atoms with Gasteiger partial charge in [-0.1, -0.05) is 39.8 Å². The molecule has 0 saturated carbocycles. The van der Waals surface area contributed by atoms with Crippen molar-refractivity contribution in [3.63, 3.8) is 0 Å². The molecular weight excluding hydrogens is 225 g/mol. The Kier molecular flexibility index (Phi) is 5.80. The maximum Gasteiger partial charge on any atom is 0.123 e. The fourth-order valence-corrected chi connectivity index (χ4v) is 2.09. The molecule has 0 bridgehead atoms. The molecule has 1 aromatic rings. The minimum atomic E-state index is -0.143. The summed E-state index contributed by atoms with van der Waals surface area (Å²) in [5, 5.41) is 3.61. The number of halogens is 1. The van der Waals surface area contributed by atoms with Crippen molar-refractivity contribution in [2.45, 2.75) is 53.0 Å². The zero-order valence-corrected chi connectivity index (χ0v) is 12.1. The Morgan fingerprint density at radius 3 is 2.56 bits per heavy atom. The maximum absolute atomic E-state index is 13.2. The Bertz CT molecular complexity index is 360. The summed E-state index contributed by atoms with van der Waals surface area (Å²) in [5.41, 5.74) is 1.30. The van der Waals surface area contributed by atoms with Gasteiger partial charge in [0.1, 0.15) is 5.82 Å². The summed E-state index contributed by atoms with van der Waals surface area (Å²) in [6.45, 7) is 9.96. The van der Waals surface area contributed by atoms with Crippen molar-refractivity contribution in [3.8, 4) is 0 Å². The van der Waals surface area contributed by atoms with Crippen molar-refractivity contribution in [2.75, 3.05) is 6.54 Å². The first-order chi connectivity index (χ1) is 8.49. The van der Waals surface area contributed by atoms with E-state index in [-0.39, 0.29) is 11.2 Å². The molecule has 1 unspecified atom stereocenters. The largest absolute Gasteiger partial charge is 0.313 e. The first kappa shape index (κ1) is 15.2. The summed E-state index contributed by atoms with van der Waals surface area (Å²) >= 11 is 0. The van der Waals surface area contributed by atoms with Gasteiger partial charge in [-0.25, -0.2) is 4.39 Å². The average Bonchev–Trinajstić information content (AvgIpc) is 2.34. The summed E-state index contributed by atoms with van der Waals surface area (Å²) in [5.74, 6) is -0.143. The van der Waals surface area contributed by atoms with Crippen molar-refractivity contribution in [3.05, 3.63) is 35.6 Å². The highest BCUT2D eigenvalue weighted by molar-refractivity contribution is 5.18. The monoisotopic (exact) mass is 251 g/mol. The van der Waals surface area contributed by atoms with Gasteiger partial charge in [0, 0.05) is 6.04 Å². The topological polar surface area (TPSA) is 12.0 Å². The highest BCUT2D eigenvalue weighted by atomic mass is 19.1. The van der Waals surface area contributed by atoms with Gasteiger partial charge in [-0.15, -0.1) is 0 Å². The zero-order chi connectivity index (χ0) is 13.6. The Labute approximate surface area is 111 Å². The van der Waals surface area contributed by atoms with Crippen LogP contribution in [0.3, 0.4) is 0 Å². The Morgan fingerprint density at radius 2 is 2.00 bits per heavy atom. The Balaban J connectivity index is 2.78. The van der Waals surface area contributed by atoms with E-state index >= 15 is 0 Å². The lowest BCUT2D eigenvalue weighted by atomic mass is 9.79. The fraction of sp³-hybridized carbons (Fsp3) is 0.625. The molecule has 102 valence electrons. The minimum absolute atomic E-state index is 0.143. The first-order valence-corrected chi connectivity index (χ1v) is 6.97. The normalized spacial score (nSPS) is 13.6. The molecule has 1 N–H and O–H groups in total. The van der Waals surface area contributed by atoms with E-state index < -0.39 is 0 Å². The smallest absolute Gasteiger partial charge is 0.123 e. The SMILES string of the molecule is CCCNC(Cc1cccc(F)c1)C(C)(C)CC. The van der Waals surface area contributed by atoms with Gasteiger partial charge >= 0.3 is 0 Å². The summed E-state index contributed by atoms with van der Waals surface area (Å²) in [6.07, 6.45) is 3.13. The molecular formula is C16H26FN. The lowest BCUT2D eigenvalue weighted by Crippen LogP contribution is -2.43. The molecule has 1 atom stereocenters. The molecule has 0 heterocycles. The van der Waals surface area contributed by atoms with Crippen LogP contribution in [0.4, 0.5) is 4.39 Å². The molecule has 1 rings (SSSR count). The fourth-order valence-electron chi connectivity index (χ4n) is 2.09. The lowest BCUT2D eigenvalue weighted by molar-refractivity contribution is 0.230. The highest BCUT2D eigenvalue weighted by Crippen LogP contribution is 2.27. The zero-order valence-electron chi connectivity index (χ0n) is 12.1. The van der Waals surface area contributed by atoms with Crippen molar-refractivity contribution < 1.29 is 4.39 Å². The molecule has 0 spiro atoms. The number of benzene rings is 1. The third-order valence-electron chi connectivity index (χ3n) is 3.82. The molecule has 0 aliphatic carbocycles. The minimum Gasteiger partial charge on any atom is -0.313 e. The van der Waals surface area contributed by atoms with Crippen molar-refractivity contribution in [1.29, 1.82) is 0 Å². The molecule has 0 radical (unpaired) electrons. The van der Waals surface area contributed by atoms with E-state index in [4.69, 9.17) is 0 Å². The number of hydrogen-bond donors (Lipinski definition) is 1. The van der Waals surface area contributed by atoms with Crippen LogP contribution in [0.25, 0.3) is 0 Å². The van der Waals surface area contributed by atoms with Crippen LogP contribution in [0.1, 0.15) is 46.1 Å². The van der Waals surface area contributed by atoms with E-state index in [0.29, 0.717) is 6.04 Å².